The van der Waals surface area contributed by atoms with Crippen molar-refractivity contribution < 1.29 is 42.9 Å². The number of ether oxygens (including phenoxy) is 4. The molecule has 4 amide bonds. The van der Waals surface area contributed by atoms with Crippen LogP contribution >= 0.6 is 0 Å². The van der Waals surface area contributed by atoms with Gasteiger partial charge in [0.05, 0.1) is 12.5 Å². The maximum atomic E-state index is 13.9. The minimum Gasteiger partial charge on any atom is -0.459 e. The summed E-state index contributed by atoms with van der Waals surface area (Å²) >= 11 is 0. The number of nitrogens with zero attached hydrogens (tertiary/aromatic N) is 6. The van der Waals surface area contributed by atoms with Crippen molar-refractivity contribution in [1.29, 1.82) is 0 Å². The maximum Gasteiger partial charge on any atom is 0.427 e. The van der Waals surface area contributed by atoms with Gasteiger partial charge in [-0.2, -0.15) is 4.98 Å². The monoisotopic (exact) mass is 805 g/mol. The Morgan fingerprint density at radius 2 is 1.36 bits per heavy atom. The molecule has 59 heavy (non-hydrogen) atoms. The molecule has 5 aromatic rings. The molecule has 16 heteroatoms. The Morgan fingerprint density at radius 1 is 0.763 bits per heavy atom. The van der Waals surface area contributed by atoms with Gasteiger partial charge in [-0.1, -0.05) is 78.9 Å². The first-order valence-electron chi connectivity index (χ1n) is 19.1. The summed E-state index contributed by atoms with van der Waals surface area (Å²) in [6.07, 6.45) is -0.199. The van der Waals surface area contributed by atoms with Crippen molar-refractivity contribution in [2.24, 2.45) is 0 Å². The number of anilines is 1. The van der Waals surface area contributed by atoms with Crippen molar-refractivity contribution in [1.82, 2.24) is 29.7 Å². The number of aromatic nitrogens is 4. The van der Waals surface area contributed by atoms with Crippen LogP contribution in [0.5, 0.6) is 0 Å². The Kier molecular flexibility index (Phi) is 12.6. The smallest absolute Gasteiger partial charge is 0.427 e. The zero-order valence-electron chi connectivity index (χ0n) is 33.8. The Bertz CT molecular complexity index is 2260. The van der Waals surface area contributed by atoms with Gasteiger partial charge in [-0.15, -0.1) is 4.90 Å². The molecule has 0 saturated carbocycles. The van der Waals surface area contributed by atoms with Gasteiger partial charge < -0.3 is 33.7 Å². The molecule has 308 valence electrons. The highest BCUT2D eigenvalue weighted by molar-refractivity contribution is 6.08. The molecule has 0 saturated heterocycles. The number of hydrogen-bond donors (Lipinski definition) is 1. The topological polar surface area (TPSA) is 184 Å². The Morgan fingerprint density at radius 3 is 1.97 bits per heavy atom. The van der Waals surface area contributed by atoms with Crippen molar-refractivity contribution in [2.45, 2.75) is 71.8 Å². The molecule has 1 aliphatic carbocycles. The number of amides is 4. The molecule has 0 bridgehead atoms. The standard InChI is InChI=1S/C43H47N7O9/c1-42(2,3)58-40(54)50(41(55)59-43(4,5)6)38-45-22-34-37(47-38)49(27-46-34)23-35(51)48(24-36(52)56-25-28-14-8-7-9-15-28)21-20-44-39(53)57-26-33-31-18-12-10-16-29(31)30-17-11-13-19-32(30)33/h7-19,22,27,33H,20-21,23-26H2,1-6H3,(H,44,53). The third kappa shape index (κ3) is 10.8. The third-order valence-corrected chi connectivity index (χ3v) is 8.91. The quantitative estimate of drug-likeness (QED) is 0.105. The number of benzene rings is 3. The number of hydrogen-bond acceptors (Lipinski definition) is 12. The summed E-state index contributed by atoms with van der Waals surface area (Å²) in [5.41, 5.74) is 3.51. The van der Waals surface area contributed by atoms with E-state index >= 15 is 0 Å². The lowest BCUT2D eigenvalue weighted by atomic mass is 9.98. The summed E-state index contributed by atoms with van der Waals surface area (Å²) in [7, 11) is 0. The van der Waals surface area contributed by atoms with E-state index in [1.54, 1.807) is 41.5 Å². The number of esters is 1. The first-order valence-corrected chi connectivity index (χ1v) is 19.1. The van der Waals surface area contributed by atoms with E-state index in [-0.39, 0.29) is 55.9 Å². The number of rotatable bonds is 12. The highest BCUT2D eigenvalue weighted by Gasteiger charge is 2.35. The molecule has 0 radical (unpaired) electrons. The number of fused-ring (bicyclic) bond motifs is 4. The van der Waals surface area contributed by atoms with Crippen LogP contribution < -0.4 is 10.2 Å². The number of carbonyl (C=O) groups is 5. The summed E-state index contributed by atoms with van der Waals surface area (Å²) in [4.78, 5) is 81.2. The van der Waals surface area contributed by atoms with E-state index in [1.165, 1.54) is 22.0 Å². The second-order valence-corrected chi connectivity index (χ2v) is 15.8. The molecular formula is C43H47N7O9. The average molecular weight is 806 g/mol. The second-order valence-electron chi connectivity index (χ2n) is 15.8. The van der Waals surface area contributed by atoms with E-state index in [0.717, 1.165) is 27.8 Å². The van der Waals surface area contributed by atoms with Crippen molar-refractivity contribution in [3.8, 4) is 11.1 Å². The molecule has 16 nitrogen and oxygen atoms in total. The number of nitrogens with one attached hydrogen (secondary N) is 1. The van der Waals surface area contributed by atoms with Crippen LogP contribution in [-0.4, -0.2) is 92.0 Å². The van der Waals surface area contributed by atoms with Crippen LogP contribution in [0.15, 0.2) is 91.4 Å². The molecule has 0 spiro atoms. The van der Waals surface area contributed by atoms with Gasteiger partial charge in [0.15, 0.2) is 5.65 Å². The molecule has 1 N–H and O–H groups in total. The first kappa shape index (κ1) is 41.8. The summed E-state index contributed by atoms with van der Waals surface area (Å²) < 4.78 is 23.4. The van der Waals surface area contributed by atoms with E-state index < -0.39 is 47.9 Å². The third-order valence-electron chi connectivity index (χ3n) is 8.91. The number of imide groups is 1. The van der Waals surface area contributed by atoms with Crippen LogP contribution in [-0.2, 0) is 41.7 Å². The molecule has 0 aliphatic heterocycles. The number of alkyl carbamates (subject to hydrolysis) is 1. The van der Waals surface area contributed by atoms with Crippen LogP contribution in [0.2, 0.25) is 0 Å². The molecule has 1 aliphatic rings. The highest BCUT2D eigenvalue weighted by atomic mass is 16.6. The summed E-state index contributed by atoms with van der Waals surface area (Å²) in [5, 5.41) is 2.69. The number of imidazole rings is 1. The normalized spacial score (nSPS) is 12.2. The minimum absolute atomic E-state index is 0.00262. The van der Waals surface area contributed by atoms with Crippen molar-refractivity contribution in [3.05, 3.63) is 108 Å². The lowest BCUT2D eigenvalue weighted by Gasteiger charge is -2.27. The van der Waals surface area contributed by atoms with Gasteiger partial charge in [0.1, 0.15) is 43.0 Å². The molecule has 0 unspecified atom stereocenters. The van der Waals surface area contributed by atoms with Crippen molar-refractivity contribution in [2.75, 3.05) is 31.1 Å². The van der Waals surface area contributed by atoms with Gasteiger partial charge in [-0.25, -0.2) is 24.4 Å². The molecule has 0 atom stereocenters. The van der Waals surface area contributed by atoms with E-state index in [4.69, 9.17) is 18.9 Å². The molecule has 3 aromatic carbocycles. The summed E-state index contributed by atoms with van der Waals surface area (Å²) in [5.74, 6) is -1.73. The molecular weight excluding hydrogens is 759 g/mol. The average Bonchev–Trinajstić information content (AvgIpc) is 3.72. The van der Waals surface area contributed by atoms with Crippen molar-refractivity contribution in [3.63, 3.8) is 0 Å². The van der Waals surface area contributed by atoms with E-state index in [1.807, 2.05) is 78.9 Å². The fourth-order valence-electron chi connectivity index (χ4n) is 6.34. The Balaban J connectivity index is 1.16. The lowest BCUT2D eigenvalue weighted by Crippen LogP contribution is -2.44. The molecule has 2 aromatic heterocycles. The van der Waals surface area contributed by atoms with Crippen LogP contribution in [0.3, 0.4) is 0 Å². The van der Waals surface area contributed by atoms with Gasteiger partial charge in [-0.05, 0) is 69.4 Å². The minimum atomic E-state index is -1.07. The largest absolute Gasteiger partial charge is 0.459 e. The maximum absolute atomic E-state index is 13.9. The Hall–Kier alpha value is -6.84. The van der Waals surface area contributed by atoms with E-state index in [2.05, 4.69) is 20.3 Å². The summed E-state index contributed by atoms with van der Waals surface area (Å²) in [6, 6.07) is 25.1. The highest BCUT2D eigenvalue weighted by Crippen LogP contribution is 2.44. The van der Waals surface area contributed by atoms with Crippen LogP contribution in [0.25, 0.3) is 22.3 Å². The van der Waals surface area contributed by atoms with Crippen LogP contribution in [0.1, 0.15) is 64.2 Å². The van der Waals surface area contributed by atoms with Gasteiger partial charge in [0.2, 0.25) is 11.9 Å². The van der Waals surface area contributed by atoms with Crippen molar-refractivity contribution >= 4 is 47.3 Å². The van der Waals surface area contributed by atoms with Gasteiger partial charge in [-0.3, -0.25) is 9.59 Å². The van der Waals surface area contributed by atoms with Gasteiger partial charge >= 0.3 is 24.2 Å². The first-order chi connectivity index (χ1) is 28.1. The zero-order chi connectivity index (χ0) is 42.3. The summed E-state index contributed by atoms with van der Waals surface area (Å²) in [6.45, 7) is 8.99. The zero-order valence-corrected chi connectivity index (χ0v) is 33.8. The van der Waals surface area contributed by atoms with E-state index in [9.17, 15) is 24.0 Å². The van der Waals surface area contributed by atoms with Crippen LogP contribution in [0.4, 0.5) is 20.3 Å². The van der Waals surface area contributed by atoms with Gasteiger partial charge in [0, 0.05) is 19.0 Å². The van der Waals surface area contributed by atoms with Crippen LogP contribution in [0, 0.1) is 0 Å². The number of carbonyl (C=O) groups excluding carboxylic acids is 5. The fraction of sp³-hybridized carbons (Fsp3) is 0.349. The Labute approximate surface area is 341 Å². The van der Waals surface area contributed by atoms with Gasteiger partial charge in [0.25, 0.3) is 0 Å². The predicted molar refractivity (Wildman–Crippen MR) is 216 cm³/mol. The molecule has 6 rings (SSSR count). The molecule has 2 heterocycles. The molecule has 0 fully saturated rings. The second kappa shape index (κ2) is 17.7. The lowest BCUT2D eigenvalue weighted by molar-refractivity contribution is -0.150. The fourth-order valence-corrected chi connectivity index (χ4v) is 6.34. The SMILES string of the molecule is CC(C)(C)OC(=O)N(C(=O)OC(C)(C)C)c1ncc2ncn(CC(=O)N(CCNC(=O)OCC3c4ccccc4-c4ccccc43)CC(=O)OCc3ccccc3)c2n1. The van der Waals surface area contributed by atoms with E-state index in [0.29, 0.717) is 4.90 Å². The predicted octanol–water partition coefficient (Wildman–Crippen LogP) is 6.61.